The summed E-state index contributed by atoms with van der Waals surface area (Å²) in [6.45, 7) is 2.22. The summed E-state index contributed by atoms with van der Waals surface area (Å²) in [4.78, 5) is 12.8. The number of furan rings is 1. The Morgan fingerprint density at radius 3 is 2.50 bits per heavy atom. The summed E-state index contributed by atoms with van der Waals surface area (Å²) >= 11 is 3.50. The molecule has 0 aliphatic rings. The van der Waals surface area contributed by atoms with Crippen molar-refractivity contribution in [3.8, 4) is 17.1 Å². The van der Waals surface area contributed by atoms with E-state index >= 15 is 0 Å². The second-order valence-corrected chi connectivity index (χ2v) is 7.82. The summed E-state index contributed by atoms with van der Waals surface area (Å²) in [5.41, 5.74) is 2.66. The Balaban J connectivity index is 1.71. The molecule has 0 saturated heterocycles. The molecule has 8 heteroatoms. The molecule has 4 rings (SSSR count). The van der Waals surface area contributed by atoms with Gasteiger partial charge in [0.1, 0.15) is 29.3 Å². The largest absolute Gasteiger partial charge is 0.595 e. The summed E-state index contributed by atoms with van der Waals surface area (Å²) in [5.74, 6) is 0.487. The average molecular weight is 498 g/mol. The quantitative estimate of drug-likeness (QED) is 0.274. The zero-order chi connectivity index (χ0) is 22.7. The van der Waals surface area contributed by atoms with Gasteiger partial charge in [-0.25, -0.2) is 10.0 Å². The van der Waals surface area contributed by atoms with Gasteiger partial charge >= 0.3 is 5.97 Å². The molecule has 0 saturated carbocycles. The van der Waals surface area contributed by atoms with Crippen LogP contribution in [0.1, 0.15) is 22.8 Å². The highest BCUT2D eigenvalue weighted by Crippen LogP contribution is 2.39. The van der Waals surface area contributed by atoms with Gasteiger partial charge in [-0.05, 0) is 52.7 Å². The molecule has 0 radical (unpaired) electrons. The maximum Gasteiger partial charge on any atom is 0.342 e. The Kier molecular flexibility index (Phi) is 6.57. The van der Waals surface area contributed by atoms with Crippen LogP contribution in [0.4, 0.5) is 5.69 Å². The molecule has 0 aliphatic carbocycles. The molecule has 0 fully saturated rings. The third kappa shape index (κ3) is 4.53. The van der Waals surface area contributed by atoms with E-state index in [1.54, 1.807) is 31.2 Å². The van der Waals surface area contributed by atoms with Gasteiger partial charge in [-0.1, -0.05) is 30.3 Å². The predicted octanol–water partition coefficient (Wildman–Crippen LogP) is 5.02. The predicted molar refractivity (Wildman–Crippen MR) is 122 cm³/mol. The number of quaternary nitrogens is 1. The minimum absolute atomic E-state index is 0.210. The number of nitrogens with one attached hydrogen (secondary N) is 1. The molecule has 2 N–H and O–H groups in total. The van der Waals surface area contributed by atoms with Crippen LogP contribution in [0, 0.1) is 5.21 Å². The third-order valence-corrected chi connectivity index (χ3v) is 5.47. The molecular formula is C24H20BrNO6. The Morgan fingerprint density at radius 1 is 1.12 bits per heavy atom. The number of fused-ring (bicyclic) bond motifs is 1. The fraction of sp³-hybridized carbons (Fsp3) is 0.125. The summed E-state index contributed by atoms with van der Waals surface area (Å²) < 4.78 is 17.9. The standard InChI is InChI=1S/C24H20BrNO6/c1-2-30-24(27)22-18-12-21(31-14-15-8-10-17(11-9-15)26(28)29)19(25)13-20(18)32-23(22)16-6-4-3-5-7-16/h3-13,26,28H,2,14H2,1H3. The molecule has 3 aromatic carbocycles. The zero-order valence-corrected chi connectivity index (χ0v) is 18.7. The van der Waals surface area contributed by atoms with Gasteiger partial charge in [-0.2, -0.15) is 5.23 Å². The molecule has 32 heavy (non-hydrogen) atoms. The molecule has 7 nitrogen and oxygen atoms in total. The highest BCUT2D eigenvalue weighted by Gasteiger charge is 2.24. The molecule has 1 atom stereocenters. The van der Waals surface area contributed by atoms with Gasteiger partial charge in [0.15, 0.2) is 5.69 Å². The molecule has 0 bridgehead atoms. The smallest absolute Gasteiger partial charge is 0.342 e. The lowest BCUT2D eigenvalue weighted by atomic mass is 10.1. The van der Waals surface area contributed by atoms with E-state index < -0.39 is 11.2 Å². The van der Waals surface area contributed by atoms with Gasteiger partial charge in [0.05, 0.1) is 11.1 Å². The summed E-state index contributed by atoms with van der Waals surface area (Å²) in [6, 6.07) is 19.3. The van der Waals surface area contributed by atoms with E-state index in [0.717, 1.165) is 11.1 Å². The lowest BCUT2D eigenvalue weighted by molar-refractivity contribution is -0.991. The number of esters is 1. The number of carbonyl (C=O) groups excluding carboxylic acids is 1. The molecule has 4 aromatic rings. The van der Waals surface area contributed by atoms with E-state index in [-0.39, 0.29) is 18.9 Å². The molecular weight excluding hydrogens is 478 g/mol. The second-order valence-electron chi connectivity index (χ2n) is 6.96. The van der Waals surface area contributed by atoms with Crippen molar-refractivity contribution in [3.63, 3.8) is 0 Å². The van der Waals surface area contributed by atoms with Crippen molar-refractivity contribution in [2.24, 2.45) is 0 Å². The molecule has 1 aromatic heterocycles. The number of benzene rings is 3. The topological polar surface area (TPSA) is 96.4 Å². The molecule has 1 unspecified atom stereocenters. The highest BCUT2D eigenvalue weighted by atomic mass is 79.9. The van der Waals surface area contributed by atoms with Crippen molar-refractivity contribution >= 4 is 38.6 Å². The van der Waals surface area contributed by atoms with Crippen molar-refractivity contribution in [2.45, 2.75) is 13.5 Å². The summed E-state index contributed by atoms with van der Waals surface area (Å²) in [7, 11) is 0. The first-order valence-electron chi connectivity index (χ1n) is 9.91. The fourth-order valence-electron chi connectivity index (χ4n) is 3.31. The van der Waals surface area contributed by atoms with Crippen molar-refractivity contribution in [1.82, 2.24) is 0 Å². The number of rotatable bonds is 7. The molecule has 1 heterocycles. The Hall–Kier alpha value is -3.17. The summed E-state index contributed by atoms with van der Waals surface area (Å²) in [5, 5.41) is 19.6. The van der Waals surface area contributed by atoms with Crippen LogP contribution in [-0.4, -0.2) is 17.8 Å². The molecule has 0 spiro atoms. The lowest BCUT2D eigenvalue weighted by Gasteiger charge is -2.12. The first-order valence-corrected chi connectivity index (χ1v) is 10.7. The number of hydrogen-bond donors (Lipinski definition) is 2. The molecule has 164 valence electrons. The zero-order valence-electron chi connectivity index (χ0n) is 17.1. The SMILES string of the molecule is CCOC(=O)c1c(-c2ccccc2)oc2cc(Br)c(OCc3ccc([NH+]([O-])O)cc3)cc12. The maximum atomic E-state index is 12.8. The number of halogens is 1. The van der Waals surface area contributed by atoms with Crippen LogP contribution in [0.25, 0.3) is 22.3 Å². The van der Waals surface area contributed by atoms with E-state index in [1.165, 1.54) is 12.1 Å². The minimum atomic E-state index is -0.980. The van der Waals surface area contributed by atoms with Crippen molar-refractivity contribution in [3.05, 3.63) is 87.5 Å². The normalized spacial score (nSPS) is 12.0. The Morgan fingerprint density at radius 2 is 1.84 bits per heavy atom. The van der Waals surface area contributed by atoms with Crippen molar-refractivity contribution in [1.29, 1.82) is 0 Å². The highest BCUT2D eigenvalue weighted by molar-refractivity contribution is 9.10. The maximum absolute atomic E-state index is 12.8. The van der Waals surface area contributed by atoms with E-state index in [9.17, 15) is 10.0 Å². The van der Waals surface area contributed by atoms with Crippen LogP contribution >= 0.6 is 15.9 Å². The third-order valence-electron chi connectivity index (χ3n) is 4.85. The van der Waals surface area contributed by atoms with Crippen LogP contribution in [0.15, 0.2) is 75.6 Å². The van der Waals surface area contributed by atoms with E-state index in [1.807, 2.05) is 30.3 Å². The monoisotopic (exact) mass is 497 g/mol. The van der Waals surface area contributed by atoms with Gasteiger partial charge < -0.3 is 19.1 Å². The average Bonchev–Trinajstić information content (AvgIpc) is 3.16. The first kappa shape index (κ1) is 22.0. The van der Waals surface area contributed by atoms with Gasteiger partial charge in [-0.15, -0.1) is 0 Å². The first-order chi connectivity index (χ1) is 15.5. The van der Waals surface area contributed by atoms with Gasteiger partial charge in [0.2, 0.25) is 0 Å². The van der Waals surface area contributed by atoms with E-state index in [2.05, 4.69) is 15.9 Å². The molecule has 0 aliphatic heterocycles. The van der Waals surface area contributed by atoms with Crippen LogP contribution in [-0.2, 0) is 11.3 Å². The van der Waals surface area contributed by atoms with Crippen LogP contribution in [0.5, 0.6) is 5.75 Å². The van der Waals surface area contributed by atoms with Gasteiger partial charge in [0.25, 0.3) is 0 Å². The van der Waals surface area contributed by atoms with Gasteiger partial charge in [0, 0.05) is 23.1 Å². The molecule has 0 amide bonds. The van der Waals surface area contributed by atoms with E-state index in [4.69, 9.17) is 19.1 Å². The summed E-state index contributed by atoms with van der Waals surface area (Å²) in [6.07, 6.45) is 0. The van der Waals surface area contributed by atoms with Crippen molar-refractivity contribution in [2.75, 3.05) is 6.61 Å². The Labute approximate surface area is 192 Å². The number of hydrogen-bond acceptors (Lipinski definition) is 6. The lowest BCUT2D eigenvalue weighted by Crippen LogP contribution is -2.99. The van der Waals surface area contributed by atoms with Crippen molar-refractivity contribution < 1.29 is 29.1 Å². The minimum Gasteiger partial charge on any atom is -0.595 e. The van der Waals surface area contributed by atoms with Crippen LogP contribution < -0.4 is 9.96 Å². The fourth-order valence-corrected chi connectivity index (χ4v) is 3.75. The van der Waals surface area contributed by atoms with Crippen LogP contribution in [0.3, 0.4) is 0 Å². The van der Waals surface area contributed by atoms with Crippen LogP contribution in [0.2, 0.25) is 0 Å². The second kappa shape index (κ2) is 9.54. The van der Waals surface area contributed by atoms with Gasteiger partial charge in [-0.3, -0.25) is 0 Å². The number of carbonyl (C=O) groups is 1. The number of ether oxygens (including phenoxy) is 2. The Bertz CT molecular complexity index is 1240. The van der Waals surface area contributed by atoms with E-state index in [0.29, 0.717) is 32.5 Å².